The van der Waals surface area contributed by atoms with Crippen molar-refractivity contribution < 1.29 is 33.8 Å². The molecule has 0 bridgehead atoms. The van der Waals surface area contributed by atoms with E-state index in [-0.39, 0.29) is 24.2 Å². The van der Waals surface area contributed by atoms with E-state index in [0.717, 1.165) is 16.7 Å². The molecule has 2 aromatic carbocycles. The Hall–Kier alpha value is -3.24. The molecule has 3 atom stereocenters. The highest BCUT2D eigenvalue weighted by Gasteiger charge is 2.34. The molecule has 3 rings (SSSR count). The molecule has 9 nitrogen and oxygen atoms in total. The fourth-order valence-electron chi connectivity index (χ4n) is 5.04. The molecule has 0 aliphatic heterocycles. The van der Waals surface area contributed by atoms with E-state index in [0.29, 0.717) is 42.9 Å². The molecule has 206 valence electrons. The Kier molecular flexibility index (Phi) is 10.4. The minimum absolute atomic E-state index is 0.136. The molecule has 0 fully saturated rings. The normalized spacial score (nSPS) is 16.2. The SMILES string of the molecule is COc1cc(OC)c(OC)c2c1CC(C(=O)N[C@@H](Cc1ccccc1)C(=O)N[C@@H](CC(C)C)B(O)O)CC2. The molecule has 4 N–H and O–H groups in total. The van der Waals surface area contributed by atoms with Crippen LogP contribution in [0.5, 0.6) is 17.2 Å². The summed E-state index contributed by atoms with van der Waals surface area (Å²) in [6, 6.07) is 10.3. The molecular weight excluding hydrogens is 487 g/mol. The van der Waals surface area contributed by atoms with E-state index in [9.17, 15) is 19.6 Å². The van der Waals surface area contributed by atoms with Gasteiger partial charge in [-0.05, 0) is 37.2 Å². The van der Waals surface area contributed by atoms with Gasteiger partial charge in [-0.15, -0.1) is 0 Å². The number of methoxy groups -OCH3 is 3. The Morgan fingerprint density at radius 3 is 2.26 bits per heavy atom. The molecule has 0 saturated carbocycles. The van der Waals surface area contributed by atoms with Gasteiger partial charge in [0, 0.05) is 29.5 Å². The lowest BCUT2D eigenvalue weighted by Gasteiger charge is -2.29. The van der Waals surface area contributed by atoms with Crippen LogP contribution in [0.3, 0.4) is 0 Å². The summed E-state index contributed by atoms with van der Waals surface area (Å²) in [5.41, 5.74) is 2.73. The maximum Gasteiger partial charge on any atom is 0.475 e. The third-order valence-corrected chi connectivity index (χ3v) is 6.96. The van der Waals surface area contributed by atoms with Crippen molar-refractivity contribution >= 4 is 18.9 Å². The highest BCUT2D eigenvalue weighted by atomic mass is 16.5. The highest BCUT2D eigenvalue weighted by Crippen LogP contribution is 2.44. The lowest BCUT2D eigenvalue weighted by Crippen LogP contribution is -2.55. The van der Waals surface area contributed by atoms with Gasteiger partial charge < -0.3 is 34.9 Å². The van der Waals surface area contributed by atoms with E-state index in [1.807, 2.05) is 44.2 Å². The van der Waals surface area contributed by atoms with Gasteiger partial charge in [-0.3, -0.25) is 9.59 Å². The lowest BCUT2D eigenvalue weighted by atomic mass is 9.75. The van der Waals surface area contributed by atoms with Gasteiger partial charge in [0.05, 0.1) is 27.3 Å². The van der Waals surface area contributed by atoms with Gasteiger partial charge >= 0.3 is 7.12 Å². The lowest BCUT2D eigenvalue weighted by molar-refractivity contribution is -0.131. The molecule has 0 aromatic heterocycles. The van der Waals surface area contributed by atoms with Crippen molar-refractivity contribution in [3.8, 4) is 17.2 Å². The Labute approximate surface area is 225 Å². The van der Waals surface area contributed by atoms with Crippen molar-refractivity contribution in [3.63, 3.8) is 0 Å². The van der Waals surface area contributed by atoms with Crippen molar-refractivity contribution in [2.45, 2.75) is 57.9 Å². The summed E-state index contributed by atoms with van der Waals surface area (Å²) >= 11 is 0. The molecule has 10 heteroatoms. The van der Waals surface area contributed by atoms with Crippen LogP contribution in [0, 0.1) is 11.8 Å². The van der Waals surface area contributed by atoms with Gasteiger partial charge in [0.15, 0.2) is 11.5 Å². The minimum atomic E-state index is -1.70. The van der Waals surface area contributed by atoms with E-state index in [1.165, 1.54) is 0 Å². The van der Waals surface area contributed by atoms with Crippen molar-refractivity contribution in [3.05, 3.63) is 53.1 Å². The molecular formula is C28H39BN2O7. The number of fused-ring (bicyclic) bond motifs is 1. The molecule has 1 aliphatic rings. The van der Waals surface area contributed by atoms with Crippen LogP contribution in [0.15, 0.2) is 36.4 Å². The second-order valence-electron chi connectivity index (χ2n) is 10.1. The van der Waals surface area contributed by atoms with Crippen molar-refractivity contribution in [2.75, 3.05) is 21.3 Å². The largest absolute Gasteiger partial charge is 0.496 e. The van der Waals surface area contributed by atoms with Gasteiger partial charge in [0.25, 0.3) is 0 Å². The molecule has 2 aromatic rings. The zero-order valence-electron chi connectivity index (χ0n) is 22.8. The summed E-state index contributed by atoms with van der Waals surface area (Å²) in [7, 11) is 3.03. The van der Waals surface area contributed by atoms with Crippen LogP contribution in [-0.2, 0) is 28.9 Å². The highest BCUT2D eigenvalue weighted by molar-refractivity contribution is 6.43. The summed E-state index contributed by atoms with van der Waals surface area (Å²) < 4.78 is 16.7. The zero-order valence-corrected chi connectivity index (χ0v) is 22.8. The molecule has 0 heterocycles. The smallest absolute Gasteiger partial charge is 0.475 e. The fraction of sp³-hybridized carbons (Fsp3) is 0.500. The maximum absolute atomic E-state index is 13.5. The summed E-state index contributed by atoms with van der Waals surface area (Å²) in [5.74, 6) is 0.0605. The molecule has 0 radical (unpaired) electrons. The number of rotatable bonds is 12. The Bertz CT molecular complexity index is 1090. The van der Waals surface area contributed by atoms with Crippen LogP contribution in [-0.4, -0.2) is 62.3 Å². The first-order chi connectivity index (χ1) is 18.2. The Morgan fingerprint density at radius 1 is 1.00 bits per heavy atom. The maximum atomic E-state index is 13.5. The second kappa shape index (κ2) is 13.5. The van der Waals surface area contributed by atoms with Crippen LogP contribution in [0.1, 0.15) is 43.4 Å². The van der Waals surface area contributed by atoms with Gasteiger partial charge in [0.2, 0.25) is 11.8 Å². The first-order valence-corrected chi connectivity index (χ1v) is 13.0. The third kappa shape index (κ3) is 7.20. The van der Waals surface area contributed by atoms with E-state index < -0.39 is 25.0 Å². The molecule has 38 heavy (non-hydrogen) atoms. The summed E-state index contributed by atoms with van der Waals surface area (Å²) in [6.45, 7) is 3.87. The number of amides is 2. The third-order valence-electron chi connectivity index (χ3n) is 6.96. The van der Waals surface area contributed by atoms with Gasteiger partial charge in [0.1, 0.15) is 11.8 Å². The summed E-state index contributed by atoms with van der Waals surface area (Å²) in [4.78, 5) is 26.8. The van der Waals surface area contributed by atoms with Gasteiger partial charge in [-0.2, -0.15) is 0 Å². The standard InChI is InChI=1S/C28H39BN2O7/c1-17(2)13-25(29(34)35)31-28(33)22(14-18-9-7-6-8-10-18)30-27(32)19-11-12-20-21(15-19)23(36-3)16-24(37-4)26(20)38-5/h6-10,16-17,19,22,25,34-35H,11-15H2,1-5H3,(H,30,32)(H,31,33)/t19?,22-,25-/m0/s1. The van der Waals surface area contributed by atoms with Gasteiger partial charge in [-0.1, -0.05) is 44.2 Å². The number of carbonyl (C=O) groups excluding carboxylic acids is 2. The minimum Gasteiger partial charge on any atom is -0.496 e. The zero-order chi connectivity index (χ0) is 27.8. The monoisotopic (exact) mass is 526 g/mol. The molecule has 1 unspecified atom stereocenters. The van der Waals surface area contributed by atoms with Crippen molar-refractivity contribution in [2.24, 2.45) is 11.8 Å². The number of ether oxygens (including phenoxy) is 3. The average Bonchev–Trinajstić information content (AvgIpc) is 2.91. The van der Waals surface area contributed by atoms with Crippen LogP contribution in [0.2, 0.25) is 0 Å². The van der Waals surface area contributed by atoms with E-state index in [4.69, 9.17) is 14.2 Å². The molecule has 0 saturated heterocycles. The topological polar surface area (TPSA) is 126 Å². The van der Waals surface area contributed by atoms with E-state index >= 15 is 0 Å². The summed E-state index contributed by atoms with van der Waals surface area (Å²) in [6.07, 6.45) is 2.24. The molecule has 2 amide bonds. The van der Waals surface area contributed by atoms with Crippen molar-refractivity contribution in [1.29, 1.82) is 0 Å². The van der Waals surface area contributed by atoms with Gasteiger partial charge in [-0.25, -0.2) is 0 Å². The first kappa shape index (κ1) is 29.3. The number of benzene rings is 2. The van der Waals surface area contributed by atoms with Crippen LogP contribution in [0.4, 0.5) is 0 Å². The average molecular weight is 526 g/mol. The fourth-order valence-corrected chi connectivity index (χ4v) is 5.04. The predicted molar refractivity (Wildman–Crippen MR) is 145 cm³/mol. The van der Waals surface area contributed by atoms with E-state index in [1.54, 1.807) is 27.4 Å². The van der Waals surface area contributed by atoms with Crippen LogP contribution >= 0.6 is 0 Å². The van der Waals surface area contributed by atoms with Crippen molar-refractivity contribution in [1.82, 2.24) is 10.6 Å². The van der Waals surface area contributed by atoms with E-state index in [2.05, 4.69) is 10.6 Å². The Balaban J connectivity index is 1.82. The Morgan fingerprint density at radius 2 is 1.68 bits per heavy atom. The quantitative estimate of drug-likeness (QED) is 0.312. The molecule has 0 spiro atoms. The molecule has 1 aliphatic carbocycles. The predicted octanol–water partition coefficient (Wildman–Crippen LogP) is 2.09. The number of nitrogens with one attached hydrogen (secondary N) is 2. The number of hydrogen-bond acceptors (Lipinski definition) is 7. The number of hydrogen-bond donors (Lipinski definition) is 4. The summed E-state index contributed by atoms with van der Waals surface area (Å²) in [5, 5.41) is 25.3. The second-order valence-corrected chi connectivity index (χ2v) is 10.1. The number of carbonyl (C=O) groups is 2. The first-order valence-electron chi connectivity index (χ1n) is 13.0. The van der Waals surface area contributed by atoms with Crippen LogP contribution in [0.25, 0.3) is 0 Å². The van der Waals surface area contributed by atoms with Crippen LogP contribution < -0.4 is 24.8 Å².